The van der Waals surface area contributed by atoms with E-state index in [9.17, 15) is 4.79 Å². The molecule has 0 bridgehead atoms. The van der Waals surface area contributed by atoms with Crippen molar-refractivity contribution in [3.8, 4) is 5.75 Å². The SMILES string of the molecule is CC(C)Oc1ccc(CCC=O)cc1. The van der Waals surface area contributed by atoms with E-state index in [0.717, 1.165) is 18.5 Å². The lowest BCUT2D eigenvalue weighted by atomic mass is 10.1. The standard InChI is InChI=1S/C12H16O2/c1-10(2)14-12-7-5-11(6-8-12)4-3-9-13/h5-10H,3-4H2,1-2H3. The van der Waals surface area contributed by atoms with E-state index in [4.69, 9.17) is 4.74 Å². The van der Waals surface area contributed by atoms with Crippen molar-refractivity contribution < 1.29 is 9.53 Å². The van der Waals surface area contributed by atoms with E-state index in [1.807, 2.05) is 38.1 Å². The van der Waals surface area contributed by atoms with E-state index < -0.39 is 0 Å². The Morgan fingerprint density at radius 1 is 1.29 bits per heavy atom. The molecule has 2 heteroatoms. The van der Waals surface area contributed by atoms with E-state index in [0.29, 0.717) is 6.42 Å². The molecule has 0 amide bonds. The van der Waals surface area contributed by atoms with Crippen LogP contribution in [0.4, 0.5) is 0 Å². The monoisotopic (exact) mass is 192 g/mol. The highest BCUT2D eigenvalue weighted by Gasteiger charge is 1.97. The topological polar surface area (TPSA) is 26.3 Å². The van der Waals surface area contributed by atoms with Crippen molar-refractivity contribution >= 4 is 6.29 Å². The molecule has 0 fully saturated rings. The van der Waals surface area contributed by atoms with Crippen molar-refractivity contribution in [1.29, 1.82) is 0 Å². The fraction of sp³-hybridized carbons (Fsp3) is 0.417. The molecule has 0 aromatic heterocycles. The van der Waals surface area contributed by atoms with Gasteiger partial charge in [-0.2, -0.15) is 0 Å². The lowest BCUT2D eigenvalue weighted by Crippen LogP contribution is -2.05. The Bertz CT molecular complexity index is 275. The largest absolute Gasteiger partial charge is 0.491 e. The number of benzene rings is 1. The van der Waals surface area contributed by atoms with E-state index in [1.165, 1.54) is 5.56 Å². The summed E-state index contributed by atoms with van der Waals surface area (Å²) < 4.78 is 5.50. The van der Waals surface area contributed by atoms with Gasteiger partial charge in [0.2, 0.25) is 0 Å². The number of hydrogen-bond acceptors (Lipinski definition) is 2. The second kappa shape index (κ2) is 5.43. The molecule has 0 N–H and O–H groups in total. The maximum atomic E-state index is 10.2. The van der Waals surface area contributed by atoms with Crippen LogP contribution in [0.1, 0.15) is 25.8 Å². The zero-order valence-electron chi connectivity index (χ0n) is 8.69. The number of aryl methyl sites for hydroxylation is 1. The maximum absolute atomic E-state index is 10.2. The minimum absolute atomic E-state index is 0.204. The molecule has 0 heterocycles. The summed E-state index contributed by atoms with van der Waals surface area (Å²) in [7, 11) is 0. The Labute approximate surface area is 84.9 Å². The maximum Gasteiger partial charge on any atom is 0.120 e. The van der Waals surface area contributed by atoms with Gasteiger partial charge in [0.1, 0.15) is 12.0 Å². The molecule has 14 heavy (non-hydrogen) atoms. The molecule has 76 valence electrons. The molecular formula is C12H16O2. The molecule has 0 saturated heterocycles. The number of rotatable bonds is 5. The normalized spacial score (nSPS) is 10.2. The summed E-state index contributed by atoms with van der Waals surface area (Å²) in [5.41, 5.74) is 1.17. The Hall–Kier alpha value is -1.31. The highest BCUT2D eigenvalue weighted by Crippen LogP contribution is 2.14. The van der Waals surface area contributed by atoms with Gasteiger partial charge in [0.15, 0.2) is 0 Å². The van der Waals surface area contributed by atoms with Gasteiger partial charge in [-0.25, -0.2) is 0 Å². The molecule has 0 aliphatic heterocycles. The van der Waals surface area contributed by atoms with Gasteiger partial charge in [-0.3, -0.25) is 0 Å². The number of aldehydes is 1. The Kier molecular flexibility index (Phi) is 4.17. The van der Waals surface area contributed by atoms with Crippen molar-refractivity contribution in [2.45, 2.75) is 32.8 Å². The predicted octanol–water partition coefficient (Wildman–Crippen LogP) is 2.61. The predicted molar refractivity (Wildman–Crippen MR) is 56.6 cm³/mol. The fourth-order valence-electron chi connectivity index (χ4n) is 1.23. The van der Waals surface area contributed by atoms with Crippen molar-refractivity contribution in [3.05, 3.63) is 29.8 Å². The number of carbonyl (C=O) groups excluding carboxylic acids is 1. The first kappa shape index (κ1) is 10.8. The molecule has 0 atom stereocenters. The van der Waals surface area contributed by atoms with Crippen LogP contribution < -0.4 is 4.74 Å². The zero-order chi connectivity index (χ0) is 10.4. The van der Waals surface area contributed by atoms with Crippen LogP contribution in [-0.4, -0.2) is 12.4 Å². The summed E-state index contributed by atoms with van der Waals surface area (Å²) in [4.78, 5) is 10.2. The van der Waals surface area contributed by atoms with Gasteiger partial charge in [0.25, 0.3) is 0 Å². The molecule has 0 unspecified atom stereocenters. The molecule has 2 nitrogen and oxygen atoms in total. The van der Waals surface area contributed by atoms with Crippen molar-refractivity contribution in [3.63, 3.8) is 0 Å². The van der Waals surface area contributed by atoms with Crippen LogP contribution in [-0.2, 0) is 11.2 Å². The first-order valence-corrected chi connectivity index (χ1v) is 4.91. The van der Waals surface area contributed by atoms with Crippen LogP contribution >= 0.6 is 0 Å². The third-order valence-corrected chi connectivity index (χ3v) is 1.85. The number of ether oxygens (including phenoxy) is 1. The zero-order valence-corrected chi connectivity index (χ0v) is 8.69. The van der Waals surface area contributed by atoms with Crippen LogP contribution in [0.3, 0.4) is 0 Å². The average molecular weight is 192 g/mol. The van der Waals surface area contributed by atoms with Crippen LogP contribution in [0, 0.1) is 0 Å². The van der Waals surface area contributed by atoms with Gasteiger partial charge in [-0.05, 0) is 38.0 Å². The van der Waals surface area contributed by atoms with Gasteiger partial charge >= 0.3 is 0 Å². The Morgan fingerprint density at radius 2 is 1.93 bits per heavy atom. The fourth-order valence-corrected chi connectivity index (χ4v) is 1.23. The van der Waals surface area contributed by atoms with E-state index in [2.05, 4.69) is 0 Å². The minimum Gasteiger partial charge on any atom is -0.491 e. The summed E-state index contributed by atoms with van der Waals surface area (Å²) in [6.07, 6.45) is 2.55. The quantitative estimate of drug-likeness (QED) is 0.670. The highest BCUT2D eigenvalue weighted by molar-refractivity contribution is 5.50. The molecular weight excluding hydrogens is 176 g/mol. The molecule has 1 aromatic rings. The van der Waals surface area contributed by atoms with Crippen LogP contribution in [0.15, 0.2) is 24.3 Å². The van der Waals surface area contributed by atoms with Gasteiger partial charge in [-0.1, -0.05) is 12.1 Å². The van der Waals surface area contributed by atoms with E-state index in [-0.39, 0.29) is 6.10 Å². The van der Waals surface area contributed by atoms with Gasteiger partial charge in [-0.15, -0.1) is 0 Å². The molecule has 0 spiro atoms. The number of carbonyl (C=O) groups is 1. The molecule has 0 aliphatic rings. The first-order chi connectivity index (χ1) is 6.72. The third kappa shape index (κ3) is 3.60. The molecule has 1 aromatic carbocycles. The van der Waals surface area contributed by atoms with Gasteiger partial charge < -0.3 is 9.53 Å². The van der Waals surface area contributed by atoms with Crippen LogP contribution in [0.5, 0.6) is 5.75 Å². The van der Waals surface area contributed by atoms with Crippen molar-refractivity contribution in [1.82, 2.24) is 0 Å². The second-order valence-corrected chi connectivity index (χ2v) is 3.52. The van der Waals surface area contributed by atoms with Crippen molar-refractivity contribution in [2.75, 3.05) is 0 Å². The first-order valence-electron chi connectivity index (χ1n) is 4.91. The van der Waals surface area contributed by atoms with Crippen molar-refractivity contribution in [2.24, 2.45) is 0 Å². The Balaban J connectivity index is 2.54. The van der Waals surface area contributed by atoms with Crippen LogP contribution in [0.25, 0.3) is 0 Å². The molecule has 0 aliphatic carbocycles. The lowest BCUT2D eigenvalue weighted by molar-refractivity contribution is -0.107. The van der Waals surface area contributed by atoms with E-state index >= 15 is 0 Å². The van der Waals surface area contributed by atoms with Gasteiger partial charge in [0.05, 0.1) is 6.10 Å². The summed E-state index contributed by atoms with van der Waals surface area (Å²) in [5, 5.41) is 0. The summed E-state index contributed by atoms with van der Waals surface area (Å²) >= 11 is 0. The summed E-state index contributed by atoms with van der Waals surface area (Å²) in [6, 6.07) is 7.89. The highest BCUT2D eigenvalue weighted by atomic mass is 16.5. The Morgan fingerprint density at radius 3 is 2.43 bits per heavy atom. The lowest BCUT2D eigenvalue weighted by Gasteiger charge is -2.09. The van der Waals surface area contributed by atoms with E-state index in [1.54, 1.807) is 0 Å². The summed E-state index contributed by atoms with van der Waals surface area (Å²) in [5.74, 6) is 0.884. The van der Waals surface area contributed by atoms with Crippen LogP contribution in [0.2, 0.25) is 0 Å². The molecule has 0 radical (unpaired) electrons. The van der Waals surface area contributed by atoms with Gasteiger partial charge in [0, 0.05) is 6.42 Å². The number of hydrogen-bond donors (Lipinski definition) is 0. The summed E-state index contributed by atoms with van der Waals surface area (Å²) in [6.45, 7) is 4.00. The third-order valence-electron chi connectivity index (χ3n) is 1.85. The molecule has 0 saturated carbocycles. The average Bonchev–Trinajstić information content (AvgIpc) is 2.16. The second-order valence-electron chi connectivity index (χ2n) is 3.52. The smallest absolute Gasteiger partial charge is 0.120 e. The minimum atomic E-state index is 0.204. The molecule has 1 rings (SSSR count).